The highest BCUT2D eigenvalue weighted by atomic mass is 35.5. The molecule has 3 nitrogen and oxygen atoms in total. The topological polar surface area (TPSA) is 55.1 Å². The Bertz CT molecular complexity index is 312. The fraction of sp³-hybridized carbons (Fsp3) is 0.125. The van der Waals surface area contributed by atoms with Gasteiger partial charge in [0.05, 0.1) is 10.7 Å². The molecule has 0 fully saturated rings. The van der Waals surface area contributed by atoms with Crippen molar-refractivity contribution in [3.63, 3.8) is 0 Å². The van der Waals surface area contributed by atoms with Gasteiger partial charge < -0.3 is 11.1 Å². The molecule has 0 saturated heterocycles. The van der Waals surface area contributed by atoms with Crippen LogP contribution in [0.25, 0.3) is 0 Å². The van der Waals surface area contributed by atoms with Crippen LogP contribution in [0.15, 0.2) is 18.2 Å². The molecule has 0 saturated carbocycles. The van der Waals surface area contributed by atoms with E-state index in [1.54, 1.807) is 18.2 Å². The fourth-order valence-corrected chi connectivity index (χ4v) is 0.993. The summed E-state index contributed by atoms with van der Waals surface area (Å²) in [7, 11) is 0. The molecule has 0 radical (unpaired) electrons. The molecule has 12 heavy (non-hydrogen) atoms. The van der Waals surface area contributed by atoms with Crippen molar-refractivity contribution >= 4 is 28.9 Å². The third-order valence-electron chi connectivity index (χ3n) is 1.30. The van der Waals surface area contributed by atoms with Crippen LogP contribution in [-0.2, 0) is 4.79 Å². The number of benzene rings is 1. The van der Waals surface area contributed by atoms with E-state index < -0.39 is 0 Å². The lowest BCUT2D eigenvalue weighted by atomic mass is 10.3. The molecular formula is C8H9ClN2O. The molecule has 0 aliphatic heterocycles. The van der Waals surface area contributed by atoms with Crippen LogP contribution in [0.5, 0.6) is 0 Å². The molecule has 0 aliphatic carbocycles. The predicted octanol–water partition coefficient (Wildman–Crippen LogP) is 1.88. The van der Waals surface area contributed by atoms with Crippen molar-refractivity contribution in [2.45, 2.75) is 6.92 Å². The molecule has 0 heterocycles. The average Bonchev–Trinajstić information content (AvgIpc) is 1.96. The van der Waals surface area contributed by atoms with Crippen molar-refractivity contribution < 1.29 is 4.79 Å². The summed E-state index contributed by atoms with van der Waals surface area (Å²) in [4.78, 5) is 10.7. The SMILES string of the molecule is CC(=O)Nc1cc(N)ccc1Cl. The Morgan fingerprint density at radius 1 is 1.58 bits per heavy atom. The zero-order valence-electron chi connectivity index (χ0n) is 6.60. The highest BCUT2D eigenvalue weighted by Gasteiger charge is 2.01. The Hall–Kier alpha value is -1.22. The molecule has 3 N–H and O–H groups in total. The molecule has 1 rings (SSSR count). The fourth-order valence-electron chi connectivity index (χ4n) is 0.828. The third kappa shape index (κ3) is 2.13. The summed E-state index contributed by atoms with van der Waals surface area (Å²) in [6, 6.07) is 4.93. The molecule has 0 aliphatic rings. The third-order valence-corrected chi connectivity index (χ3v) is 1.63. The van der Waals surface area contributed by atoms with Gasteiger partial charge in [0, 0.05) is 12.6 Å². The smallest absolute Gasteiger partial charge is 0.221 e. The quantitative estimate of drug-likeness (QED) is 0.655. The molecule has 1 aromatic carbocycles. The van der Waals surface area contributed by atoms with Gasteiger partial charge in [-0.05, 0) is 18.2 Å². The number of nitrogens with two attached hydrogens (primary N) is 1. The first kappa shape index (κ1) is 8.87. The molecule has 64 valence electrons. The van der Waals surface area contributed by atoms with Crippen LogP contribution >= 0.6 is 11.6 Å². The summed E-state index contributed by atoms with van der Waals surface area (Å²) in [5.41, 5.74) is 6.61. The van der Waals surface area contributed by atoms with Crippen LogP contribution in [0.4, 0.5) is 11.4 Å². The lowest BCUT2D eigenvalue weighted by molar-refractivity contribution is -0.114. The normalized spacial score (nSPS) is 9.50. The molecule has 0 bridgehead atoms. The van der Waals surface area contributed by atoms with Crippen molar-refractivity contribution in [3.8, 4) is 0 Å². The number of hydrogen-bond donors (Lipinski definition) is 2. The van der Waals surface area contributed by atoms with Crippen molar-refractivity contribution in [2.24, 2.45) is 0 Å². The van der Waals surface area contributed by atoms with Gasteiger partial charge in [-0.3, -0.25) is 4.79 Å². The Balaban J connectivity index is 2.97. The van der Waals surface area contributed by atoms with Gasteiger partial charge >= 0.3 is 0 Å². The van der Waals surface area contributed by atoms with E-state index in [9.17, 15) is 4.79 Å². The first-order valence-corrected chi connectivity index (χ1v) is 3.80. The van der Waals surface area contributed by atoms with Crippen molar-refractivity contribution in [1.82, 2.24) is 0 Å². The molecule has 0 atom stereocenters. The summed E-state index contributed by atoms with van der Waals surface area (Å²) < 4.78 is 0. The van der Waals surface area contributed by atoms with E-state index in [0.29, 0.717) is 16.4 Å². The largest absolute Gasteiger partial charge is 0.399 e. The van der Waals surface area contributed by atoms with Crippen LogP contribution in [-0.4, -0.2) is 5.91 Å². The second kappa shape index (κ2) is 3.45. The van der Waals surface area contributed by atoms with Crippen LogP contribution in [0.1, 0.15) is 6.92 Å². The number of anilines is 2. The van der Waals surface area contributed by atoms with Gasteiger partial charge in [0.25, 0.3) is 0 Å². The Morgan fingerprint density at radius 3 is 2.83 bits per heavy atom. The summed E-state index contributed by atoms with van der Waals surface area (Å²) in [6.45, 7) is 1.42. The second-order valence-electron chi connectivity index (χ2n) is 2.42. The van der Waals surface area contributed by atoms with Gasteiger partial charge in [-0.1, -0.05) is 11.6 Å². The van der Waals surface area contributed by atoms with Crippen LogP contribution in [0.2, 0.25) is 5.02 Å². The Morgan fingerprint density at radius 2 is 2.25 bits per heavy atom. The van der Waals surface area contributed by atoms with E-state index in [4.69, 9.17) is 17.3 Å². The first-order chi connectivity index (χ1) is 5.59. The summed E-state index contributed by atoms with van der Waals surface area (Å²) in [5.74, 6) is -0.164. The van der Waals surface area contributed by atoms with Gasteiger partial charge in [0.2, 0.25) is 5.91 Å². The summed E-state index contributed by atoms with van der Waals surface area (Å²) in [5, 5.41) is 3.05. The van der Waals surface area contributed by atoms with Gasteiger partial charge in [-0.2, -0.15) is 0 Å². The van der Waals surface area contributed by atoms with Crippen molar-refractivity contribution in [3.05, 3.63) is 23.2 Å². The minimum Gasteiger partial charge on any atom is -0.399 e. The second-order valence-corrected chi connectivity index (χ2v) is 2.83. The van der Waals surface area contributed by atoms with E-state index in [1.807, 2.05) is 0 Å². The number of nitrogens with one attached hydrogen (secondary N) is 1. The lowest BCUT2D eigenvalue weighted by Gasteiger charge is -2.04. The summed E-state index contributed by atoms with van der Waals surface area (Å²) >= 11 is 5.77. The van der Waals surface area contributed by atoms with Crippen LogP contribution < -0.4 is 11.1 Å². The highest BCUT2D eigenvalue weighted by molar-refractivity contribution is 6.33. The van der Waals surface area contributed by atoms with Crippen LogP contribution in [0, 0.1) is 0 Å². The van der Waals surface area contributed by atoms with E-state index in [-0.39, 0.29) is 5.91 Å². The standard InChI is InChI=1S/C8H9ClN2O/c1-5(12)11-8-4-6(10)2-3-7(8)9/h2-4H,10H2,1H3,(H,11,12). The number of carbonyl (C=O) groups excluding carboxylic acids is 1. The first-order valence-electron chi connectivity index (χ1n) is 3.42. The number of nitrogen functional groups attached to an aromatic ring is 1. The van der Waals surface area contributed by atoms with Crippen molar-refractivity contribution in [1.29, 1.82) is 0 Å². The molecular weight excluding hydrogens is 176 g/mol. The van der Waals surface area contributed by atoms with Gasteiger partial charge in [-0.25, -0.2) is 0 Å². The minimum absolute atomic E-state index is 0.164. The molecule has 0 spiro atoms. The lowest BCUT2D eigenvalue weighted by Crippen LogP contribution is -2.06. The highest BCUT2D eigenvalue weighted by Crippen LogP contribution is 2.23. The monoisotopic (exact) mass is 184 g/mol. The number of carbonyl (C=O) groups is 1. The van der Waals surface area contributed by atoms with E-state index >= 15 is 0 Å². The molecule has 0 aromatic heterocycles. The zero-order chi connectivity index (χ0) is 9.14. The molecule has 1 amide bonds. The Kier molecular flexibility index (Phi) is 2.55. The number of rotatable bonds is 1. The number of hydrogen-bond acceptors (Lipinski definition) is 2. The van der Waals surface area contributed by atoms with E-state index in [0.717, 1.165) is 0 Å². The van der Waals surface area contributed by atoms with E-state index in [2.05, 4.69) is 5.32 Å². The van der Waals surface area contributed by atoms with Crippen molar-refractivity contribution in [2.75, 3.05) is 11.1 Å². The predicted molar refractivity (Wildman–Crippen MR) is 50.2 cm³/mol. The molecule has 1 aromatic rings. The van der Waals surface area contributed by atoms with Gasteiger partial charge in [0.1, 0.15) is 0 Å². The maximum atomic E-state index is 10.7. The van der Waals surface area contributed by atoms with Crippen LogP contribution in [0.3, 0.4) is 0 Å². The van der Waals surface area contributed by atoms with Gasteiger partial charge in [-0.15, -0.1) is 0 Å². The van der Waals surface area contributed by atoms with E-state index in [1.165, 1.54) is 6.92 Å². The maximum absolute atomic E-state index is 10.7. The molecule has 0 unspecified atom stereocenters. The number of halogens is 1. The molecule has 4 heteroatoms. The average molecular weight is 185 g/mol. The summed E-state index contributed by atoms with van der Waals surface area (Å²) in [6.07, 6.45) is 0. The Labute approximate surface area is 75.5 Å². The zero-order valence-corrected chi connectivity index (χ0v) is 7.35. The van der Waals surface area contributed by atoms with Gasteiger partial charge in [0.15, 0.2) is 0 Å². The minimum atomic E-state index is -0.164. The number of amides is 1. The maximum Gasteiger partial charge on any atom is 0.221 e.